The first-order valence-corrected chi connectivity index (χ1v) is 4.91. The van der Waals surface area contributed by atoms with Gasteiger partial charge < -0.3 is 5.32 Å². The molecule has 0 saturated carbocycles. The number of halogens is 2. The lowest BCUT2D eigenvalue weighted by Gasteiger charge is -2.04. The van der Waals surface area contributed by atoms with E-state index in [-0.39, 0.29) is 24.3 Å². The van der Waals surface area contributed by atoms with Gasteiger partial charge in [0.15, 0.2) is 5.78 Å². The highest BCUT2D eigenvalue weighted by Gasteiger charge is 2.12. The number of rotatable bonds is 6. The van der Waals surface area contributed by atoms with Crippen molar-refractivity contribution in [3.05, 3.63) is 48.1 Å². The van der Waals surface area contributed by atoms with Crippen molar-refractivity contribution < 1.29 is 13.6 Å². The third kappa shape index (κ3) is 3.55. The highest BCUT2D eigenvalue weighted by atomic mass is 19.1. The molecule has 0 amide bonds. The first-order valence-electron chi connectivity index (χ1n) is 4.91. The van der Waals surface area contributed by atoms with Crippen molar-refractivity contribution in [2.24, 2.45) is 0 Å². The van der Waals surface area contributed by atoms with Crippen molar-refractivity contribution in [3.8, 4) is 0 Å². The molecule has 0 saturated heterocycles. The summed E-state index contributed by atoms with van der Waals surface area (Å²) in [6.07, 6.45) is 1.37. The van der Waals surface area contributed by atoms with E-state index in [2.05, 4.69) is 11.9 Å². The second-order valence-corrected chi connectivity index (χ2v) is 3.34. The molecule has 1 aromatic rings. The maximum Gasteiger partial charge on any atom is 0.151 e. The minimum Gasteiger partial charge on any atom is -0.307 e. The van der Waals surface area contributed by atoms with E-state index in [1.54, 1.807) is 6.08 Å². The van der Waals surface area contributed by atoms with Crippen molar-refractivity contribution in [2.75, 3.05) is 13.1 Å². The van der Waals surface area contributed by atoms with Crippen LogP contribution in [0.4, 0.5) is 8.78 Å². The van der Waals surface area contributed by atoms with Crippen molar-refractivity contribution in [2.45, 2.75) is 6.42 Å². The van der Waals surface area contributed by atoms with Crippen LogP contribution in [-0.4, -0.2) is 18.9 Å². The predicted molar refractivity (Wildman–Crippen MR) is 58.1 cm³/mol. The molecule has 0 atom stereocenters. The minimum absolute atomic E-state index is 0.0831. The van der Waals surface area contributed by atoms with E-state index < -0.39 is 11.6 Å². The van der Waals surface area contributed by atoms with E-state index in [0.717, 1.165) is 12.1 Å². The van der Waals surface area contributed by atoms with Gasteiger partial charge in [-0.3, -0.25) is 4.79 Å². The van der Waals surface area contributed by atoms with Crippen molar-refractivity contribution in [1.82, 2.24) is 5.32 Å². The van der Waals surface area contributed by atoms with Crippen LogP contribution in [0.25, 0.3) is 0 Å². The highest BCUT2D eigenvalue weighted by Crippen LogP contribution is 2.12. The molecule has 0 unspecified atom stereocenters. The molecule has 1 aromatic carbocycles. The number of nitrogens with one attached hydrogen (secondary N) is 1. The summed E-state index contributed by atoms with van der Waals surface area (Å²) < 4.78 is 26.3. The van der Waals surface area contributed by atoms with Crippen LogP contribution in [0, 0.1) is 11.6 Å². The zero-order valence-corrected chi connectivity index (χ0v) is 8.80. The molecule has 0 heterocycles. The Labute approximate surface area is 93.0 Å². The standard InChI is InChI=1S/C12H13F2NO/c1-2-6-15-8-9(16)7-10-11(13)4-3-5-12(10)14/h2-5,15H,1,6-8H2. The fourth-order valence-corrected chi connectivity index (χ4v) is 1.27. The molecule has 2 nitrogen and oxygen atoms in total. The van der Waals surface area contributed by atoms with Gasteiger partial charge in [-0.1, -0.05) is 12.1 Å². The number of carbonyl (C=O) groups excluding carboxylic acids is 1. The summed E-state index contributed by atoms with van der Waals surface area (Å²) in [4.78, 5) is 11.4. The van der Waals surface area contributed by atoms with Gasteiger partial charge in [-0.05, 0) is 12.1 Å². The van der Waals surface area contributed by atoms with E-state index in [1.807, 2.05) is 0 Å². The zero-order valence-electron chi connectivity index (χ0n) is 8.80. The number of ketones is 1. The molecule has 1 rings (SSSR count). The topological polar surface area (TPSA) is 29.1 Å². The molecule has 4 heteroatoms. The molecule has 86 valence electrons. The number of benzene rings is 1. The van der Waals surface area contributed by atoms with Gasteiger partial charge in [0.05, 0.1) is 6.54 Å². The summed E-state index contributed by atoms with van der Waals surface area (Å²) in [5.41, 5.74) is -0.173. The van der Waals surface area contributed by atoms with E-state index in [0.29, 0.717) is 6.54 Å². The molecule has 0 bridgehead atoms. The fraction of sp³-hybridized carbons (Fsp3) is 0.250. The lowest BCUT2D eigenvalue weighted by atomic mass is 10.1. The van der Waals surface area contributed by atoms with Crippen molar-refractivity contribution >= 4 is 5.78 Å². The molecular weight excluding hydrogens is 212 g/mol. The van der Waals surface area contributed by atoms with Gasteiger partial charge in [-0.2, -0.15) is 0 Å². The van der Waals surface area contributed by atoms with E-state index in [9.17, 15) is 13.6 Å². The Hall–Kier alpha value is -1.55. The average Bonchev–Trinajstić information content (AvgIpc) is 2.24. The molecule has 0 spiro atoms. The van der Waals surface area contributed by atoms with Gasteiger partial charge in [-0.25, -0.2) is 8.78 Å². The lowest BCUT2D eigenvalue weighted by molar-refractivity contribution is -0.117. The van der Waals surface area contributed by atoms with E-state index >= 15 is 0 Å². The van der Waals surface area contributed by atoms with Crippen LogP contribution >= 0.6 is 0 Å². The van der Waals surface area contributed by atoms with Crippen LogP contribution in [-0.2, 0) is 11.2 Å². The summed E-state index contributed by atoms with van der Waals surface area (Å²) in [5.74, 6) is -1.63. The first kappa shape index (κ1) is 12.5. The number of hydrogen-bond donors (Lipinski definition) is 1. The molecule has 0 aliphatic carbocycles. The minimum atomic E-state index is -0.683. The third-order valence-electron chi connectivity index (χ3n) is 2.05. The molecule has 1 N–H and O–H groups in total. The summed E-state index contributed by atoms with van der Waals surface area (Å²) >= 11 is 0. The highest BCUT2D eigenvalue weighted by molar-refractivity contribution is 5.82. The Morgan fingerprint density at radius 3 is 2.56 bits per heavy atom. The SMILES string of the molecule is C=CCNCC(=O)Cc1c(F)cccc1F. The summed E-state index contributed by atoms with van der Waals surface area (Å²) in [6.45, 7) is 4.05. The Balaban J connectivity index is 2.59. The maximum absolute atomic E-state index is 13.2. The van der Waals surface area contributed by atoms with Gasteiger partial charge in [0.2, 0.25) is 0 Å². The van der Waals surface area contributed by atoms with Gasteiger partial charge in [0, 0.05) is 18.5 Å². The fourth-order valence-electron chi connectivity index (χ4n) is 1.27. The number of Topliss-reactive ketones (excluding diaryl/α,β-unsaturated/α-hetero) is 1. The van der Waals surface area contributed by atoms with Crippen molar-refractivity contribution in [3.63, 3.8) is 0 Å². The molecule has 16 heavy (non-hydrogen) atoms. The van der Waals surface area contributed by atoms with Crippen molar-refractivity contribution in [1.29, 1.82) is 0 Å². The normalized spacial score (nSPS) is 10.1. The quantitative estimate of drug-likeness (QED) is 0.591. The predicted octanol–water partition coefficient (Wildman–Crippen LogP) is 1.85. The smallest absolute Gasteiger partial charge is 0.151 e. The molecule has 0 aromatic heterocycles. The van der Waals surface area contributed by atoms with Crippen LogP contribution in [0.3, 0.4) is 0 Å². The average molecular weight is 225 g/mol. The van der Waals surface area contributed by atoms with Gasteiger partial charge in [0.1, 0.15) is 11.6 Å². The zero-order chi connectivity index (χ0) is 12.0. The van der Waals surface area contributed by atoms with Crippen LogP contribution < -0.4 is 5.32 Å². The summed E-state index contributed by atoms with van der Waals surface area (Å²) in [6, 6.07) is 3.56. The maximum atomic E-state index is 13.2. The summed E-state index contributed by atoms with van der Waals surface area (Å²) in [5, 5.41) is 2.78. The van der Waals surface area contributed by atoms with E-state index in [1.165, 1.54) is 6.07 Å². The Morgan fingerprint density at radius 2 is 2.00 bits per heavy atom. The molecule has 0 aliphatic heterocycles. The number of hydrogen-bond acceptors (Lipinski definition) is 2. The molecule has 0 aliphatic rings. The Morgan fingerprint density at radius 1 is 1.38 bits per heavy atom. The van der Waals surface area contributed by atoms with Crippen LogP contribution in [0.5, 0.6) is 0 Å². The largest absolute Gasteiger partial charge is 0.307 e. The number of carbonyl (C=O) groups is 1. The second-order valence-electron chi connectivity index (χ2n) is 3.34. The van der Waals surface area contributed by atoms with Crippen LogP contribution in [0.1, 0.15) is 5.56 Å². The second kappa shape index (κ2) is 6.12. The first-order chi connectivity index (χ1) is 7.65. The third-order valence-corrected chi connectivity index (χ3v) is 2.05. The van der Waals surface area contributed by atoms with E-state index in [4.69, 9.17) is 0 Å². The van der Waals surface area contributed by atoms with Crippen LogP contribution in [0.15, 0.2) is 30.9 Å². The molecular formula is C12H13F2NO. The lowest BCUT2D eigenvalue weighted by Crippen LogP contribution is -2.24. The molecule has 0 radical (unpaired) electrons. The van der Waals surface area contributed by atoms with Gasteiger partial charge >= 0.3 is 0 Å². The Bertz CT molecular complexity index is 370. The monoisotopic (exact) mass is 225 g/mol. The van der Waals surface area contributed by atoms with Gasteiger partial charge in [-0.15, -0.1) is 6.58 Å². The van der Waals surface area contributed by atoms with Crippen LogP contribution in [0.2, 0.25) is 0 Å². The Kier molecular flexibility index (Phi) is 4.79. The molecule has 0 fully saturated rings. The summed E-state index contributed by atoms with van der Waals surface area (Å²) in [7, 11) is 0. The van der Waals surface area contributed by atoms with Gasteiger partial charge in [0.25, 0.3) is 0 Å².